The number of carbonyl (C=O) groups is 1. The van der Waals surface area contributed by atoms with Gasteiger partial charge in [0.15, 0.2) is 18.1 Å². The first-order valence-corrected chi connectivity index (χ1v) is 13.8. The average molecular weight is 546 g/mol. The van der Waals surface area contributed by atoms with Gasteiger partial charge < -0.3 is 34.5 Å². The molecule has 23 heteroatoms. The number of ether oxygens (including phenoxy) is 1. The first kappa shape index (κ1) is 28.8. The van der Waals surface area contributed by atoms with Crippen molar-refractivity contribution in [1.82, 2.24) is 10.2 Å². The van der Waals surface area contributed by atoms with Crippen molar-refractivity contribution in [3.05, 3.63) is 0 Å². The minimum atomic E-state index is -5.53. The molecule has 0 aromatic rings. The van der Waals surface area contributed by atoms with Gasteiger partial charge in [0.1, 0.15) is 18.3 Å². The molecule has 0 aromatic heterocycles. The van der Waals surface area contributed by atoms with E-state index in [0.717, 1.165) is 11.2 Å². The summed E-state index contributed by atoms with van der Waals surface area (Å²) in [5, 5.41) is 30.1. The fourth-order valence-corrected chi connectivity index (χ4v) is 6.59. The predicted molar refractivity (Wildman–Crippen MR) is 110 cm³/mol. The van der Waals surface area contributed by atoms with Crippen LogP contribution in [0.2, 0.25) is 0 Å². The van der Waals surface area contributed by atoms with E-state index in [0.29, 0.717) is 0 Å². The van der Waals surface area contributed by atoms with Crippen LogP contribution in [0.1, 0.15) is 0 Å². The standard InChI is InChI=1S/C10H16N5O13P3S.Li/c11-10-13-7-4(8(18)14-10)12-2-15(7)9-6(17)5(16)3(26-9)1-25-29(19,20)27-30(21,22)28-31(23,24)32;/h2-6,9,16-17H,1H2,(H,19,20)(H,21,22)(H2,11,14,18)(H2,23,24,32);/t3-,4?,5-,6-,9-;/m1./s1. The van der Waals surface area contributed by atoms with E-state index in [2.05, 4.69) is 40.3 Å². The SMILES string of the molecule is N=C1N=C2C(N=CN2[C@@H]2O[C@H](COP(=O)(O)OP(=O)(O)OP(O)(O)=S)[C@@H](O)[C@H]2O)C(=O)N1.[Li]. The Kier molecular flexibility index (Phi) is 8.99. The Bertz CT molecular complexity index is 1020. The van der Waals surface area contributed by atoms with Crippen LogP contribution in [0.4, 0.5) is 0 Å². The molecule has 1 fully saturated rings. The molecule has 181 valence electrons. The van der Waals surface area contributed by atoms with Crippen molar-refractivity contribution in [1.29, 1.82) is 5.41 Å². The van der Waals surface area contributed by atoms with Crippen LogP contribution in [0, 0.1) is 5.41 Å². The Balaban J connectivity index is 0.00000385. The van der Waals surface area contributed by atoms with E-state index in [1.165, 1.54) is 0 Å². The van der Waals surface area contributed by atoms with Crippen LogP contribution >= 0.6 is 22.4 Å². The van der Waals surface area contributed by atoms with Crippen LogP contribution in [0.25, 0.3) is 0 Å². The molecule has 0 saturated carbocycles. The molecule has 1 saturated heterocycles. The molecule has 0 aromatic carbocycles. The minimum absolute atomic E-state index is 0. The zero-order valence-corrected chi connectivity index (χ0v) is 19.8. The first-order valence-electron chi connectivity index (χ1n) is 8.18. The van der Waals surface area contributed by atoms with E-state index < -0.39 is 71.4 Å². The number of nitrogens with one attached hydrogen (secondary N) is 2. The van der Waals surface area contributed by atoms with E-state index >= 15 is 0 Å². The van der Waals surface area contributed by atoms with Crippen molar-refractivity contribution in [2.45, 2.75) is 30.6 Å². The largest absolute Gasteiger partial charge is 0.488 e. The second-order valence-corrected chi connectivity index (χ2v) is 12.2. The molecule has 3 aliphatic heterocycles. The van der Waals surface area contributed by atoms with E-state index in [9.17, 15) is 33.9 Å². The van der Waals surface area contributed by atoms with Gasteiger partial charge in [-0.2, -0.15) is 9.30 Å². The molecule has 3 unspecified atom stereocenters. The summed E-state index contributed by atoms with van der Waals surface area (Å²) >= 11 is 3.95. The maximum absolute atomic E-state index is 11.9. The minimum Gasteiger partial charge on any atom is -0.387 e. The molecule has 0 aliphatic carbocycles. The summed E-state index contributed by atoms with van der Waals surface area (Å²) in [5.41, 5.74) is 0. The maximum atomic E-state index is 11.9. The van der Waals surface area contributed by atoms with Crippen LogP contribution in [0.15, 0.2) is 9.98 Å². The second kappa shape index (κ2) is 10.3. The summed E-state index contributed by atoms with van der Waals surface area (Å²) in [6.07, 6.45) is -5.20. The number of fused-ring (bicyclic) bond motifs is 1. The van der Waals surface area contributed by atoms with Gasteiger partial charge in [0.25, 0.3) is 5.91 Å². The molecule has 1 radical (unpaired) electrons. The molecular formula is C10H16LiN5O13P3S. The fraction of sp³-hybridized carbons (Fsp3) is 0.600. The second-order valence-electron chi connectivity index (χ2n) is 6.32. The fourth-order valence-electron chi connectivity index (χ4n) is 2.80. The Hall–Kier alpha value is -0.413. The van der Waals surface area contributed by atoms with Crippen LogP contribution < -0.4 is 5.32 Å². The summed E-state index contributed by atoms with van der Waals surface area (Å²) in [4.78, 5) is 57.1. The normalized spacial score (nSPS) is 33.0. The van der Waals surface area contributed by atoms with Gasteiger partial charge in [-0.25, -0.2) is 13.4 Å². The molecule has 3 rings (SSSR count). The number of phosphoric acid groups is 2. The monoisotopic (exact) mass is 546 g/mol. The smallest absolute Gasteiger partial charge is 0.387 e. The maximum Gasteiger partial charge on any atom is 0.488 e. The van der Waals surface area contributed by atoms with E-state index in [-0.39, 0.29) is 24.7 Å². The van der Waals surface area contributed by atoms with Crippen LogP contribution in [-0.4, -0.2) is 115 Å². The van der Waals surface area contributed by atoms with Gasteiger partial charge in [0.2, 0.25) is 5.96 Å². The molecule has 33 heavy (non-hydrogen) atoms. The molecule has 3 heterocycles. The number of hydrogen-bond acceptors (Lipinski definition) is 13. The van der Waals surface area contributed by atoms with Crippen LogP contribution in [0.5, 0.6) is 0 Å². The predicted octanol–water partition coefficient (Wildman–Crippen LogP) is -3.31. The average Bonchev–Trinajstić information content (AvgIpc) is 3.12. The van der Waals surface area contributed by atoms with Crippen molar-refractivity contribution >= 4 is 77.1 Å². The van der Waals surface area contributed by atoms with Gasteiger partial charge in [-0.3, -0.25) is 29.9 Å². The number of phosphoric ester groups is 1. The Morgan fingerprint density at radius 3 is 2.42 bits per heavy atom. The quantitative estimate of drug-likeness (QED) is 0.109. The molecule has 7 atom stereocenters. The molecule has 8 N–H and O–H groups in total. The summed E-state index contributed by atoms with van der Waals surface area (Å²) in [6, 6.07) is -1.12. The summed E-state index contributed by atoms with van der Waals surface area (Å²) in [7, 11) is -10.9. The number of rotatable bonds is 8. The Morgan fingerprint density at radius 2 is 1.82 bits per heavy atom. The summed E-state index contributed by atoms with van der Waals surface area (Å²) in [6.45, 7) is -5.70. The number of aliphatic hydroxyl groups is 2. The third-order valence-electron chi connectivity index (χ3n) is 3.99. The number of hydrogen-bond donors (Lipinski definition) is 8. The van der Waals surface area contributed by atoms with Gasteiger partial charge in [-0.05, 0) is 11.8 Å². The summed E-state index contributed by atoms with van der Waals surface area (Å²) in [5.74, 6) is -1.22. The number of aliphatic imine (C=N–C) groups is 2. The number of guanidine groups is 1. The van der Waals surface area contributed by atoms with Crippen LogP contribution in [-0.2, 0) is 43.6 Å². The molecule has 1 amide bonds. The van der Waals surface area contributed by atoms with Crippen molar-refractivity contribution in [2.24, 2.45) is 9.98 Å². The number of carbonyl (C=O) groups excluding carboxylic acids is 1. The number of aliphatic hydroxyl groups excluding tert-OH is 2. The van der Waals surface area contributed by atoms with Gasteiger partial charge in [-0.15, -0.1) is 0 Å². The zero-order chi connectivity index (χ0) is 24.1. The third kappa shape index (κ3) is 7.06. The van der Waals surface area contributed by atoms with Gasteiger partial charge in [-0.1, -0.05) is 0 Å². The molecular weight excluding hydrogens is 530 g/mol. The van der Waals surface area contributed by atoms with Crippen LogP contribution in [0.3, 0.4) is 0 Å². The van der Waals surface area contributed by atoms with E-state index in [1.54, 1.807) is 0 Å². The van der Waals surface area contributed by atoms with E-state index in [4.69, 9.17) is 19.9 Å². The first-order chi connectivity index (χ1) is 14.6. The zero-order valence-electron chi connectivity index (χ0n) is 16.3. The van der Waals surface area contributed by atoms with Crippen molar-refractivity contribution < 1.29 is 61.6 Å². The molecule has 0 spiro atoms. The molecule has 18 nitrogen and oxygen atoms in total. The third-order valence-corrected chi connectivity index (χ3v) is 8.40. The van der Waals surface area contributed by atoms with Gasteiger partial charge >= 0.3 is 22.4 Å². The van der Waals surface area contributed by atoms with Crippen molar-refractivity contribution in [3.8, 4) is 0 Å². The van der Waals surface area contributed by atoms with Crippen molar-refractivity contribution in [3.63, 3.8) is 0 Å². The topological polar surface area (TPSA) is 273 Å². The van der Waals surface area contributed by atoms with Crippen molar-refractivity contribution in [2.75, 3.05) is 6.61 Å². The van der Waals surface area contributed by atoms with E-state index in [1.807, 2.05) is 0 Å². The molecule has 3 aliphatic rings. The summed E-state index contributed by atoms with van der Waals surface area (Å²) < 4.78 is 40.8. The number of amidine groups is 1. The van der Waals surface area contributed by atoms with Gasteiger partial charge in [0.05, 0.1) is 12.9 Å². The Morgan fingerprint density at radius 1 is 1.18 bits per heavy atom. The number of nitrogens with zero attached hydrogens (tertiary/aromatic N) is 3. The molecule has 0 bridgehead atoms. The number of amides is 1. The Labute approximate surface area is 201 Å². The van der Waals surface area contributed by atoms with Gasteiger partial charge in [0, 0.05) is 18.9 Å².